The van der Waals surface area contributed by atoms with Crippen LogP contribution in [0.5, 0.6) is 0 Å². The quantitative estimate of drug-likeness (QED) is 0.346. The fourth-order valence-electron chi connectivity index (χ4n) is 3.79. The van der Waals surface area contributed by atoms with Crippen LogP contribution >= 0.6 is 0 Å². The highest BCUT2D eigenvalue weighted by Gasteiger charge is 2.33. The minimum absolute atomic E-state index is 0.177. The van der Waals surface area contributed by atoms with Gasteiger partial charge in [0.25, 0.3) is 0 Å². The molecule has 0 aliphatic heterocycles. The highest BCUT2D eigenvalue weighted by molar-refractivity contribution is 6.31. The van der Waals surface area contributed by atoms with Crippen LogP contribution in [-0.4, -0.2) is 83.2 Å². The maximum absolute atomic E-state index is 13.4. The Balaban J connectivity index is 1.80. The SMILES string of the molecule is COC(CNC(=O)CCNc1ccc(NCCN(C)C)c2c1C(=O)c1ccccc1C2=O)OC. The highest BCUT2D eigenvalue weighted by atomic mass is 16.7. The molecule has 182 valence electrons. The van der Waals surface area contributed by atoms with E-state index >= 15 is 0 Å². The third-order valence-electron chi connectivity index (χ3n) is 5.61. The molecule has 9 nitrogen and oxygen atoms in total. The van der Waals surface area contributed by atoms with Gasteiger partial charge in [-0.1, -0.05) is 24.3 Å². The van der Waals surface area contributed by atoms with Crippen molar-refractivity contribution in [2.24, 2.45) is 0 Å². The molecule has 0 spiro atoms. The van der Waals surface area contributed by atoms with Gasteiger partial charge in [-0.15, -0.1) is 0 Å². The topological polar surface area (TPSA) is 109 Å². The van der Waals surface area contributed by atoms with E-state index in [0.29, 0.717) is 46.7 Å². The second-order valence-electron chi connectivity index (χ2n) is 8.23. The molecule has 0 saturated heterocycles. The summed E-state index contributed by atoms with van der Waals surface area (Å²) in [4.78, 5) is 41.0. The smallest absolute Gasteiger partial charge is 0.221 e. The summed E-state index contributed by atoms with van der Waals surface area (Å²) in [5.74, 6) is -0.587. The summed E-state index contributed by atoms with van der Waals surface area (Å²) < 4.78 is 10.1. The molecule has 0 atom stereocenters. The molecule has 1 amide bonds. The molecule has 0 saturated carbocycles. The summed E-state index contributed by atoms with van der Waals surface area (Å²) in [6.07, 6.45) is -0.337. The minimum Gasteiger partial charge on any atom is -0.384 e. The summed E-state index contributed by atoms with van der Waals surface area (Å²) in [5, 5.41) is 9.21. The van der Waals surface area contributed by atoms with Crippen LogP contribution in [0.2, 0.25) is 0 Å². The first kappa shape index (κ1) is 25.4. The maximum atomic E-state index is 13.4. The summed E-state index contributed by atoms with van der Waals surface area (Å²) in [6, 6.07) is 10.4. The maximum Gasteiger partial charge on any atom is 0.221 e. The van der Waals surface area contributed by atoms with E-state index in [1.165, 1.54) is 14.2 Å². The summed E-state index contributed by atoms with van der Waals surface area (Å²) in [5.41, 5.74) is 2.63. The number of nitrogens with one attached hydrogen (secondary N) is 3. The van der Waals surface area contributed by atoms with Gasteiger partial charge in [0.1, 0.15) is 0 Å². The normalized spacial score (nSPS) is 12.5. The number of rotatable bonds is 12. The average molecular weight is 469 g/mol. The van der Waals surface area contributed by atoms with Crippen molar-refractivity contribution in [1.82, 2.24) is 10.2 Å². The van der Waals surface area contributed by atoms with E-state index in [2.05, 4.69) is 16.0 Å². The molecular weight excluding hydrogens is 436 g/mol. The van der Waals surface area contributed by atoms with Crippen LogP contribution in [0, 0.1) is 0 Å². The molecule has 0 radical (unpaired) electrons. The predicted molar refractivity (Wildman–Crippen MR) is 131 cm³/mol. The first-order chi connectivity index (χ1) is 16.4. The number of fused-ring (bicyclic) bond motifs is 2. The zero-order valence-corrected chi connectivity index (χ0v) is 20.1. The van der Waals surface area contributed by atoms with Gasteiger partial charge in [0.05, 0.1) is 17.7 Å². The van der Waals surface area contributed by atoms with Crippen molar-refractivity contribution in [2.45, 2.75) is 12.7 Å². The van der Waals surface area contributed by atoms with E-state index in [-0.39, 0.29) is 30.4 Å². The Hall–Kier alpha value is -3.27. The number of methoxy groups -OCH3 is 2. The molecule has 3 rings (SSSR count). The first-order valence-corrected chi connectivity index (χ1v) is 11.2. The van der Waals surface area contributed by atoms with Gasteiger partial charge in [-0.3, -0.25) is 14.4 Å². The average Bonchev–Trinajstić information content (AvgIpc) is 2.83. The van der Waals surface area contributed by atoms with Gasteiger partial charge in [0.15, 0.2) is 17.9 Å². The first-order valence-electron chi connectivity index (χ1n) is 11.2. The number of ketones is 2. The molecule has 34 heavy (non-hydrogen) atoms. The standard InChI is InChI=1S/C25H32N4O5/c1-29(2)14-13-27-19-10-9-18(26-12-11-20(30)28-15-21(33-3)34-4)22-23(19)25(32)17-8-6-5-7-16(17)24(22)31/h5-10,21,26-27H,11-15H2,1-4H3,(H,28,30). The van der Waals surface area contributed by atoms with Crippen LogP contribution in [0.15, 0.2) is 36.4 Å². The van der Waals surface area contributed by atoms with Crippen molar-refractivity contribution in [3.8, 4) is 0 Å². The molecule has 1 aliphatic carbocycles. The van der Waals surface area contributed by atoms with Gasteiger partial charge in [0.2, 0.25) is 5.91 Å². The van der Waals surface area contributed by atoms with Crippen molar-refractivity contribution in [2.75, 3.05) is 65.1 Å². The summed E-state index contributed by atoms with van der Waals surface area (Å²) in [7, 11) is 6.94. The molecular formula is C25H32N4O5. The van der Waals surface area contributed by atoms with E-state index in [1.54, 1.807) is 36.4 Å². The van der Waals surface area contributed by atoms with Crippen molar-refractivity contribution in [3.05, 3.63) is 58.7 Å². The van der Waals surface area contributed by atoms with E-state index < -0.39 is 6.29 Å². The largest absolute Gasteiger partial charge is 0.384 e. The number of likely N-dealkylation sites (N-methyl/N-ethyl adjacent to an activating group) is 1. The minimum atomic E-state index is -0.514. The number of benzene rings is 2. The molecule has 2 aromatic carbocycles. The fraction of sp³-hybridized carbons (Fsp3) is 0.400. The Kier molecular flexibility index (Phi) is 8.75. The summed E-state index contributed by atoms with van der Waals surface area (Å²) >= 11 is 0. The second-order valence-corrected chi connectivity index (χ2v) is 8.23. The van der Waals surface area contributed by atoms with Crippen molar-refractivity contribution in [1.29, 1.82) is 0 Å². The third kappa shape index (κ3) is 5.80. The molecule has 0 fully saturated rings. The van der Waals surface area contributed by atoms with Gasteiger partial charge in [0, 0.05) is 62.8 Å². The predicted octanol–water partition coefficient (Wildman–Crippen LogP) is 1.97. The van der Waals surface area contributed by atoms with Gasteiger partial charge < -0.3 is 30.3 Å². The summed E-state index contributed by atoms with van der Waals surface area (Å²) in [6.45, 7) is 1.92. The number of ether oxygens (including phenoxy) is 2. The highest BCUT2D eigenvalue weighted by Crippen LogP contribution is 2.36. The lowest BCUT2D eigenvalue weighted by atomic mass is 9.82. The second kappa shape index (κ2) is 11.7. The molecule has 0 bridgehead atoms. The van der Waals surface area contributed by atoms with Gasteiger partial charge in [-0.2, -0.15) is 0 Å². The van der Waals surface area contributed by atoms with Gasteiger partial charge >= 0.3 is 0 Å². The Morgan fingerprint density at radius 3 is 1.91 bits per heavy atom. The zero-order chi connectivity index (χ0) is 24.7. The third-order valence-corrected chi connectivity index (χ3v) is 5.61. The number of carbonyl (C=O) groups excluding carboxylic acids is 3. The molecule has 2 aromatic rings. The van der Waals surface area contributed by atoms with E-state index in [1.807, 2.05) is 19.0 Å². The molecule has 0 heterocycles. The van der Waals surface area contributed by atoms with Gasteiger partial charge in [-0.05, 0) is 26.2 Å². The van der Waals surface area contributed by atoms with E-state index in [9.17, 15) is 14.4 Å². The number of carbonyl (C=O) groups is 3. The Labute approximate surface area is 199 Å². The Morgan fingerprint density at radius 2 is 1.41 bits per heavy atom. The number of anilines is 2. The number of amides is 1. The van der Waals surface area contributed by atoms with Gasteiger partial charge in [-0.25, -0.2) is 0 Å². The Morgan fingerprint density at radius 1 is 0.882 bits per heavy atom. The lowest BCUT2D eigenvalue weighted by Crippen LogP contribution is -2.35. The lowest BCUT2D eigenvalue weighted by Gasteiger charge is -2.24. The molecule has 9 heteroatoms. The van der Waals surface area contributed by atoms with Crippen LogP contribution in [0.25, 0.3) is 0 Å². The number of hydrogen-bond donors (Lipinski definition) is 3. The monoisotopic (exact) mass is 468 g/mol. The van der Waals surface area contributed by atoms with Crippen molar-refractivity contribution in [3.63, 3.8) is 0 Å². The van der Waals surface area contributed by atoms with Crippen LogP contribution < -0.4 is 16.0 Å². The lowest BCUT2D eigenvalue weighted by molar-refractivity contribution is -0.127. The zero-order valence-electron chi connectivity index (χ0n) is 20.1. The molecule has 0 aromatic heterocycles. The van der Waals surface area contributed by atoms with Crippen LogP contribution in [0.3, 0.4) is 0 Å². The van der Waals surface area contributed by atoms with Crippen LogP contribution in [-0.2, 0) is 14.3 Å². The fourth-order valence-corrected chi connectivity index (χ4v) is 3.79. The number of nitrogens with zero attached hydrogens (tertiary/aromatic N) is 1. The van der Waals surface area contributed by atoms with Crippen LogP contribution in [0.1, 0.15) is 38.3 Å². The Bertz CT molecular complexity index is 1050. The number of hydrogen-bond acceptors (Lipinski definition) is 8. The molecule has 0 unspecified atom stereocenters. The van der Waals surface area contributed by atoms with Crippen LogP contribution in [0.4, 0.5) is 11.4 Å². The molecule has 3 N–H and O–H groups in total. The van der Waals surface area contributed by atoms with Crippen molar-refractivity contribution >= 4 is 28.8 Å². The van der Waals surface area contributed by atoms with E-state index in [0.717, 1.165) is 6.54 Å². The van der Waals surface area contributed by atoms with Crippen molar-refractivity contribution < 1.29 is 23.9 Å². The van der Waals surface area contributed by atoms with E-state index in [4.69, 9.17) is 9.47 Å². The molecule has 1 aliphatic rings.